The predicted molar refractivity (Wildman–Crippen MR) is 92.7 cm³/mol. The highest BCUT2D eigenvalue weighted by atomic mass is 32.2. The Kier molecular flexibility index (Phi) is 5.19. The van der Waals surface area contributed by atoms with Crippen molar-refractivity contribution in [3.63, 3.8) is 0 Å². The van der Waals surface area contributed by atoms with Crippen LogP contribution >= 0.6 is 0 Å². The highest BCUT2D eigenvalue weighted by molar-refractivity contribution is 7.89. The molecule has 0 aliphatic carbocycles. The zero-order chi connectivity index (χ0) is 18.8. The first-order valence-electron chi connectivity index (χ1n) is 7.25. The summed E-state index contributed by atoms with van der Waals surface area (Å²) in [6.07, 6.45) is -0.00388. The number of non-ortho nitro benzene ring substituents is 1. The first-order valence-corrected chi connectivity index (χ1v) is 8.80. The molecule has 2 aromatic rings. The number of nitrogens with one attached hydrogen (secondary N) is 1. The van der Waals surface area contributed by atoms with E-state index in [1.165, 1.54) is 36.4 Å². The molecule has 1 amide bonds. The fourth-order valence-corrected chi connectivity index (χ4v) is 2.86. The molecule has 0 unspecified atom stereocenters. The second-order valence-electron chi connectivity index (χ2n) is 5.61. The summed E-state index contributed by atoms with van der Waals surface area (Å²) in [5, 5.41) is 18.4. The van der Waals surface area contributed by atoms with Crippen LogP contribution in [0.4, 0.5) is 11.4 Å². The number of nitro groups is 1. The molecule has 0 radical (unpaired) electrons. The number of nitro benzene ring substituents is 1. The van der Waals surface area contributed by atoms with Gasteiger partial charge in [0, 0.05) is 17.8 Å². The van der Waals surface area contributed by atoms with E-state index in [0.29, 0.717) is 16.8 Å². The monoisotopic (exact) mass is 363 g/mol. The highest BCUT2D eigenvalue weighted by Gasteiger charge is 2.15. The number of sulfonamides is 1. The maximum absolute atomic E-state index is 12.2. The lowest BCUT2D eigenvalue weighted by Crippen LogP contribution is -2.17. The number of amides is 1. The average Bonchev–Trinajstić information content (AvgIpc) is 2.51. The SMILES string of the molecule is Cc1cc(S(N)(=O)=O)cc(NC(=O)Cc2ccc([N+](=O)[O-])cc2)c1C. The van der Waals surface area contributed by atoms with Crippen molar-refractivity contribution in [1.29, 1.82) is 0 Å². The number of nitrogens with two attached hydrogens (primary N) is 1. The third-order valence-electron chi connectivity index (χ3n) is 3.76. The van der Waals surface area contributed by atoms with E-state index in [2.05, 4.69) is 5.32 Å². The van der Waals surface area contributed by atoms with Gasteiger partial charge in [-0.15, -0.1) is 0 Å². The zero-order valence-corrected chi connectivity index (χ0v) is 14.5. The zero-order valence-electron chi connectivity index (χ0n) is 13.6. The number of aryl methyl sites for hydroxylation is 1. The number of primary sulfonamides is 1. The van der Waals surface area contributed by atoms with Crippen LogP contribution in [0.2, 0.25) is 0 Å². The Morgan fingerprint density at radius 1 is 1.20 bits per heavy atom. The number of benzene rings is 2. The molecule has 0 fully saturated rings. The maximum Gasteiger partial charge on any atom is 0.269 e. The van der Waals surface area contributed by atoms with Gasteiger partial charge in [0.15, 0.2) is 0 Å². The van der Waals surface area contributed by atoms with Crippen molar-refractivity contribution in [3.8, 4) is 0 Å². The summed E-state index contributed by atoms with van der Waals surface area (Å²) in [6.45, 7) is 3.47. The van der Waals surface area contributed by atoms with Crippen molar-refractivity contribution in [3.05, 3.63) is 63.2 Å². The minimum atomic E-state index is -3.89. The van der Waals surface area contributed by atoms with Gasteiger partial charge in [-0.1, -0.05) is 12.1 Å². The lowest BCUT2D eigenvalue weighted by molar-refractivity contribution is -0.384. The van der Waals surface area contributed by atoms with E-state index in [9.17, 15) is 23.3 Å². The van der Waals surface area contributed by atoms with Gasteiger partial charge in [0.25, 0.3) is 5.69 Å². The van der Waals surface area contributed by atoms with Crippen molar-refractivity contribution >= 4 is 27.3 Å². The third-order valence-corrected chi connectivity index (χ3v) is 4.65. The number of anilines is 1. The Labute approximate surface area is 144 Å². The Morgan fingerprint density at radius 2 is 1.80 bits per heavy atom. The summed E-state index contributed by atoms with van der Waals surface area (Å²) in [7, 11) is -3.89. The van der Waals surface area contributed by atoms with Crippen molar-refractivity contribution < 1.29 is 18.1 Å². The predicted octanol–water partition coefficient (Wildman–Crippen LogP) is 2.04. The fourth-order valence-electron chi connectivity index (χ4n) is 2.24. The van der Waals surface area contributed by atoms with Crippen molar-refractivity contribution in [2.75, 3.05) is 5.32 Å². The molecular weight excluding hydrogens is 346 g/mol. The van der Waals surface area contributed by atoms with Crippen LogP contribution in [-0.2, 0) is 21.2 Å². The van der Waals surface area contributed by atoms with E-state index in [0.717, 1.165) is 5.56 Å². The van der Waals surface area contributed by atoms with E-state index in [-0.39, 0.29) is 22.9 Å². The van der Waals surface area contributed by atoms with Crippen LogP contribution in [0, 0.1) is 24.0 Å². The van der Waals surface area contributed by atoms with Crippen molar-refractivity contribution in [2.24, 2.45) is 5.14 Å². The van der Waals surface area contributed by atoms with E-state index in [1.807, 2.05) is 0 Å². The lowest BCUT2D eigenvalue weighted by Gasteiger charge is -2.13. The van der Waals surface area contributed by atoms with E-state index >= 15 is 0 Å². The quantitative estimate of drug-likeness (QED) is 0.619. The standard InChI is InChI=1S/C16H17N3O5S/c1-10-7-14(25(17,23)24)9-15(11(10)2)18-16(20)8-12-3-5-13(6-4-12)19(21)22/h3-7,9H,8H2,1-2H3,(H,18,20)(H2,17,23,24). The van der Waals surface area contributed by atoms with Crippen LogP contribution < -0.4 is 10.5 Å². The van der Waals surface area contributed by atoms with Crippen molar-refractivity contribution in [2.45, 2.75) is 25.2 Å². The Morgan fingerprint density at radius 3 is 2.32 bits per heavy atom. The molecule has 2 aromatic carbocycles. The Hall–Kier alpha value is -2.78. The molecule has 0 aliphatic heterocycles. The topological polar surface area (TPSA) is 132 Å². The number of hydrogen-bond acceptors (Lipinski definition) is 5. The number of rotatable bonds is 5. The third kappa shape index (κ3) is 4.61. The van der Waals surface area contributed by atoms with Gasteiger partial charge in [-0.25, -0.2) is 13.6 Å². The molecule has 8 nitrogen and oxygen atoms in total. The first kappa shape index (κ1) is 18.6. The summed E-state index contributed by atoms with van der Waals surface area (Å²) >= 11 is 0. The van der Waals surface area contributed by atoms with Crippen LogP contribution in [0.5, 0.6) is 0 Å². The summed E-state index contributed by atoms with van der Waals surface area (Å²) in [5.41, 5.74) is 2.30. The minimum Gasteiger partial charge on any atom is -0.326 e. The van der Waals surface area contributed by atoms with Gasteiger partial charge in [-0.2, -0.15) is 0 Å². The van der Waals surface area contributed by atoms with Crippen molar-refractivity contribution in [1.82, 2.24) is 0 Å². The minimum absolute atomic E-state index is 0.00388. The molecule has 25 heavy (non-hydrogen) atoms. The van der Waals surface area contributed by atoms with E-state index in [4.69, 9.17) is 5.14 Å². The molecule has 0 saturated carbocycles. The van der Waals surface area contributed by atoms with E-state index < -0.39 is 14.9 Å². The summed E-state index contributed by atoms with van der Waals surface area (Å²) < 4.78 is 23.0. The normalized spacial score (nSPS) is 11.2. The molecule has 0 aromatic heterocycles. The summed E-state index contributed by atoms with van der Waals surface area (Å²) in [4.78, 5) is 22.2. The first-order chi connectivity index (χ1) is 11.6. The molecular formula is C16H17N3O5S. The summed E-state index contributed by atoms with van der Waals surface area (Å²) in [6, 6.07) is 8.38. The lowest BCUT2D eigenvalue weighted by atomic mass is 10.1. The molecule has 9 heteroatoms. The van der Waals surface area contributed by atoms with Gasteiger partial charge in [-0.3, -0.25) is 14.9 Å². The number of carbonyl (C=O) groups excluding carboxylic acids is 1. The van der Waals surface area contributed by atoms with Crippen LogP contribution in [-0.4, -0.2) is 19.2 Å². The van der Waals surface area contributed by atoms with Gasteiger partial charge in [0.2, 0.25) is 15.9 Å². The van der Waals surface area contributed by atoms with Gasteiger partial charge >= 0.3 is 0 Å². The van der Waals surface area contributed by atoms with Gasteiger partial charge in [0.05, 0.1) is 16.2 Å². The highest BCUT2D eigenvalue weighted by Crippen LogP contribution is 2.24. The smallest absolute Gasteiger partial charge is 0.269 e. The van der Waals surface area contributed by atoms with Crippen LogP contribution in [0.25, 0.3) is 0 Å². The molecule has 0 saturated heterocycles. The summed E-state index contributed by atoms with van der Waals surface area (Å²) in [5.74, 6) is -0.372. The van der Waals surface area contributed by atoms with Crippen LogP contribution in [0.1, 0.15) is 16.7 Å². The van der Waals surface area contributed by atoms with Gasteiger partial charge < -0.3 is 5.32 Å². The molecule has 132 valence electrons. The van der Waals surface area contributed by atoms with Gasteiger partial charge in [0.1, 0.15) is 0 Å². The molecule has 0 heterocycles. The Bertz CT molecular complexity index is 937. The number of nitrogens with zero attached hydrogens (tertiary/aromatic N) is 1. The maximum atomic E-state index is 12.2. The molecule has 0 bridgehead atoms. The second-order valence-corrected chi connectivity index (χ2v) is 7.17. The van der Waals surface area contributed by atoms with E-state index in [1.54, 1.807) is 13.8 Å². The fraction of sp³-hybridized carbons (Fsp3) is 0.188. The van der Waals surface area contributed by atoms with Crippen LogP contribution in [0.15, 0.2) is 41.3 Å². The molecule has 0 atom stereocenters. The van der Waals surface area contributed by atoms with Crippen LogP contribution in [0.3, 0.4) is 0 Å². The largest absolute Gasteiger partial charge is 0.326 e. The average molecular weight is 363 g/mol. The second kappa shape index (κ2) is 6.99. The molecule has 0 spiro atoms. The van der Waals surface area contributed by atoms with Gasteiger partial charge in [-0.05, 0) is 42.7 Å². The molecule has 2 rings (SSSR count). The number of carbonyl (C=O) groups is 1. The number of hydrogen-bond donors (Lipinski definition) is 2. The molecule has 3 N–H and O–H groups in total. The Balaban J connectivity index is 2.20. The molecule has 0 aliphatic rings.